The second kappa shape index (κ2) is 6.73. The molecule has 2 aromatic heterocycles. The Kier molecular flexibility index (Phi) is 4.06. The highest BCUT2D eigenvalue weighted by Gasteiger charge is 2.17. The molecule has 1 aliphatic heterocycles. The summed E-state index contributed by atoms with van der Waals surface area (Å²) in [6.45, 7) is 5.00. The SMILES string of the molecule is Cc1cc(=N)n2ncc(-c3ccc4ccccc4c3)c2nc1N1CCOCC1. The first-order valence-corrected chi connectivity index (χ1v) is 9.47. The molecule has 0 atom stereocenters. The number of aromatic nitrogens is 3. The molecular formula is C22H21N5O. The summed E-state index contributed by atoms with van der Waals surface area (Å²) in [6.07, 6.45) is 1.81. The van der Waals surface area contributed by atoms with E-state index in [-0.39, 0.29) is 0 Å². The molecule has 0 amide bonds. The van der Waals surface area contributed by atoms with Crippen LogP contribution in [-0.4, -0.2) is 40.9 Å². The van der Waals surface area contributed by atoms with Gasteiger partial charge in [-0.1, -0.05) is 36.4 Å². The smallest absolute Gasteiger partial charge is 0.167 e. The molecule has 1 saturated heterocycles. The molecule has 0 bridgehead atoms. The van der Waals surface area contributed by atoms with Crippen LogP contribution >= 0.6 is 0 Å². The van der Waals surface area contributed by atoms with Crippen LogP contribution in [0.1, 0.15) is 5.56 Å². The fourth-order valence-electron chi connectivity index (χ4n) is 3.80. The quantitative estimate of drug-likeness (QED) is 0.588. The zero-order valence-corrected chi connectivity index (χ0v) is 15.7. The lowest BCUT2D eigenvalue weighted by atomic mass is 10.0. The van der Waals surface area contributed by atoms with Crippen molar-refractivity contribution >= 4 is 22.2 Å². The lowest BCUT2D eigenvalue weighted by molar-refractivity contribution is 0.122. The lowest BCUT2D eigenvalue weighted by Crippen LogP contribution is -2.37. The van der Waals surface area contributed by atoms with Gasteiger partial charge in [0.2, 0.25) is 0 Å². The Hall–Kier alpha value is -3.25. The monoisotopic (exact) mass is 371 g/mol. The number of fused-ring (bicyclic) bond motifs is 2. The van der Waals surface area contributed by atoms with E-state index in [1.54, 1.807) is 4.52 Å². The van der Waals surface area contributed by atoms with E-state index < -0.39 is 0 Å². The molecule has 0 spiro atoms. The number of nitrogens with one attached hydrogen (secondary N) is 1. The first-order valence-electron chi connectivity index (χ1n) is 9.47. The number of ether oxygens (including phenoxy) is 1. The van der Waals surface area contributed by atoms with E-state index in [2.05, 4.69) is 40.3 Å². The third-order valence-corrected chi connectivity index (χ3v) is 5.26. The van der Waals surface area contributed by atoms with Gasteiger partial charge in [-0.15, -0.1) is 0 Å². The molecule has 3 heterocycles. The standard InChI is InChI=1S/C22H21N5O/c1-15-12-20(23)27-22(25-21(15)26-8-10-28-11-9-26)19(14-24-27)18-7-6-16-4-2-3-5-17(16)13-18/h2-7,12-14,23H,8-11H2,1H3. The Morgan fingerprint density at radius 2 is 1.79 bits per heavy atom. The molecule has 0 radical (unpaired) electrons. The topological polar surface area (TPSA) is 66.5 Å². The van der Waals surface area contributed by atoms with Gasteiger partial charge in [-0.25, -0.2) is 4.98 Å². The van der Waals surface area contributed by atoms with Crippen molar-refractivity contribution in [1.29, 1.82) is 5.41 Å². The highest BCUT2D eigenvalue weighted by Crippen LogP contribution is 2.28. The van der Waals surface area contributed by atoms with Gasteiger partial charge in [0, 0.05) is 18.7 Å². The molecule has 6 heteroatoms. The second-order valence-corrected chi connectivity index (χ2v) is 7.10. The normalized spacial score (nSPS) is 14.7. The number of hydrogen-bond donors (Lipinski definition) is 1. The largest absolute Gasteiger partial charge is 0.378 e. The summed E-state index contributed by atoms with van der Waals surface area (Å²) in [5.41, 5.74) is 3.99. The maximum absolute atomic E-state index is 8.46. The van der Waals surface area contributed by atoms with Crippen LogP contribution in [0.4, 0.5) is 5.82 Å². The van der Waals surface area contributed by atoms with E-state index in [0.29, 0.717) is 24.3 Å². The fourth-order valence-corrected chi connectivity index (χ4v) is 3.80. The number of aryl methyl sites for hydroxylation is 1. The number of anilines is 1. The Balaban J connectivity index is 1.74. The van der Waals surface area contributed by atoms with Crippen LogP contribution in [0, 0.1) is 12.3 Å². The molecule has 2 aromatic carbocycles. The van der Waals surface area contributed by atoms with Crippen molar-refractivity contribution in [3.8, 4) is 11.1 Å². The number of nitrogens with zero attached hydrogens (tertiary/aromatic N) is 4. The minimum atomic E-state index is 0.326. The van der Waals surface area contributed by atoms with Crippen molar-refractivity contribution in [2.75, 3.05) is 31.2 Å². The zero-order valence-electron chi connectivity index (χ0n) is 15.7. The molecule has 5 rings (SSSR count). The van der Waals surface area contributed by atoms with Gasteiger partial charge in [-0.2, -0.15) is 9.61 Å². The lowest BCUT2D eigenvalue weighted by Gasteiger charge is -2.28. The van der Waals surface area contributed by atoms with Crippen molar-refractivity contribution in [2.45, 2.75) is 6.92 Å². The highest BCUT2D eigenvalue weighted by molar-refractivity contribution is 5.89. The molecule has 1 N–H and O–H groups in total. The van der Waals surface area contributed by atoms with E-state index in [1.165, 1.54) is 10.8 Å². The van der Waals surface area contributed by atoms with E-state index >= 15 is 0 Å². The van der Waals surface area contributed by atoms with Crippen LogP contribution in [0.3, 0.4) is 0 Å². The van der Waals surface area contributed by atoms with Gasteiger partial charge in [0.05, 0.1) is 19.4 Å². The van der Waals surface area contributed by atoms with Crippen molar-refractivity contribution in [1.82, 2.24) is 14.6 Å². The maximum Gasteiger partial charge on any atom is 0.167 e. The summed E-state index contributed by atoms with van der Waals surface area (Å²) < 4.78 is 7.10. The molecule has 6 nitrogen and oxygen atoms in total. The van der Waals surface area contributed by atoms with E-state index in [1.807, 2.05) is 31.3 Å². The Morgan fingerprint density at radius 3 is 2.61 bits per heavy atom. The van der Waals surface area contributed by atoms with Gasteiger partial charge < -0.3 is 9.64 Å². The summed E-state index contributed by atoms with van der Waals surface area (Å²) in [5.74, 6) is 0.898. The van der Waals surface area contributed by atoms with Crippen LogP contribution < -0.4 is 10.4 Å². The van der Waals surface area contributed by atoms with E-state index in [9.17, 15) is 0 Å². The van der Waals surface area contributed by atoms with Gasteiger partial charge in [0.25, 0.3) is 0 Å². The first-order chi connectivity index (χ1) is 13.7. The second-order valence-electron chi connectivity index (χ2n) is 7.10. The predicted molar refractivity (Wildman–Crippen MR) is 110 cm³/mol. The molecule has 1 aliphatic rings. The Labute approximate surface area is 162 Å². The van der Waals surface area contributed by atoms with E-state index in [0.717, 1.165) is 35.6 Å². The van der Waals surface area contributed by atoms with Crippen LogP contribution in [0.15, 0.2) is 54.7 Å². The van der Waals surface area contributed by atoms with Crippen LogP contribution in [0.25, 0.3) is 27.5 Å². The van der Waals surface area contributed by atoms with Gasteiger partial charge >= 0.3 is 0 Å². The van der Waals surface area contributed by atoms with Crippen molar-refractivity contribution in [3.05, 3.63) is 65.8 Å². The summed E-state index contributed by atoms with van der Waals surface area (Å²) >= 11 is 0. The van der Waals surface area contributed by atoms with E-state index in [4.69, 9.17) is 15.1 Å². The van der Waals surface area contributed by atoms with Gasteiger partial charge in [-0.3, -0.25) is 5.41 Å². The van der Waals surface area contributed by atoms with Gasteiger partial charge in [0.15, 0.2) is 5.65 Å². The Morgan fingerprint density at radius 1 is 1.00 bits per heavy atom. The third kappa shape index (κ3) is 2.82. The molecule has 4 aromatic rings. The third-order valence-electron chi connectivity index (χ3n) is 5.26. The number of hydrogen-bond acceptors (Lipinski definition) is 5. The average molecular weight is 371 g/mol. The highest BCUT2D eigenvalue weighted by atomic mass is 16.5. The summed E-state index contributed by atoms with van der Waals surface area (Å²) in [4.78, 5) is 7.22. The van der Waals surface area contributed by atoms with Crippen molar-refractivity contribution in [2.24, 2.45) is 0 Å². The van der Waals surface area contributed by atoms with Crippen molar-refractivity contribution in [3.63, 3.8) is 0 Å². The van der Waals surface area contributed by atoms with Gasteiger partial charge in [-0.05, 0) is 41.0 Å². The first kappa shape index (κ1) is 16.9. The van der Waals surface area contributed by atoms with Crippen LogP contribution in [-0.2, 0) is 4.74 Å². The minimum Gasteiger partial charge on any atom is -0.378 e. The molecule has 1 fully saturated rings. The molecule has 0 aliphatic carbocycles. The average Bonchev–Trinajstić information content (AvgIpc) is 3.10. The molecular weight excluding hydrogens is 350 g/mol. The number of benzene rings is 2. The maximum atomic E-state index is 8.46. The number of rotatable bonds is 2. The van der Waals surface area contributed by atoms with Gasteiger partial charge in [0.1, 0.15) is 11.3 Å². The minimum absolute atomic E-state index is 0.326. The van der Waals surface area contributed by atoms with Crippen LogP contribution in [0.2, 0.25) is 0 Å². The molecule has 0 saturated carbocycles. The van der Waals surface area contributed by atoms with Crippen LogP contribution in [0.5, 0.6) is 0 Å². The van der Waals surface area contributed by atoms with Crippen molar-refractivity contribution < 1.29 is 4.74 Å². The summed E-state index contributed by atoms with van der Waals surface area (Å²) in [7, 11) is 0. The zero-order chi connectivity index (χ0) is 19.1. The summed E-state index contributed by atoms with van der Waals surface area (Å²) in [6, 6.07) is 16.5. The Bertz CT molecular complexity index is 1240. The number of morpholine rings is 1. The molecule has 140 valence electrons. The molecule has 28 heavy (non-hydrogen) atoms. The molecule has 0 unspecified atom stereocenters. The predicted octanol–water partition coefficient (Wildman–Crippen LogP) is 3.17. The summed E-state index contributed by atoms with van der Waals surface area (Å²) in [5, 5.41) is 15.3. The fraction of sp³-hybridized carbons (Fsp3) is 0.227.